The molecule has 104 valence electrons. The number of carbonyl (C=O) groups excluding carboxylic acids is 1. The summed E-state index contributed by atoms with van der Waals surface area (Å²) in [4.78, 5) is 17.3. The average Bonchev–Trinajstić information content (AvgIpc) is 2.91. The van der Waals surface area contributed by atoms with E-state index in [2.05, 4.69) is 4.98 Å². The molecule has 0 aliphatic carbocycles. The van der Waals surface area contributed by atoms with Crippen molar-refractivity contribution >= 4 is 17.3 Å². The van der Waals surface area contributed by atoms with Gasteiger partial charge in [-0.1, -0.05) is 12.1 Å². The van der Waals surface area contributed by atoms with Crippen LogP contribution in [0.5, 0.6) is 5.75 Å². The summed E-state index contributed by atoms with van der Waals surface area (Å²) in [6.45, 7) is 0.686. The van der Waals surface area contributed by atoms with Crippen molar-refractivity contribution in [3.63, 3.8) is 0 Å². The predicted octanol–water partition coefficient (Wildman–Crippen LogP) is 2.20. The molecule has 1 aliphatic heterocycles. The molecule has 2 heterocycles. The van der Waals surface area contributed by atoms with E-state index in [4.69, 9.17) is 10.5 Å². The molecule has 0 fully saturated rings. The number of fused-ring (bicyclic) bond motifs is 1. The van der Waals surface area contributed by atoms with E-state index in [1.165, 1.54) is 0 Å². The van der Waals surface area contributed by atoms with E-state index in [1.807, 2.05) is 18.2 Å². The summed E-state index contributed by atoms with van der Waals surface area (Å²) in [7, 11) is 1.62. The Bertz CT molecular complexity index is 634. The zero-order chi connectivity index (χ0) is 14.1. The molecule has 0 unspecified atom stereocenters. The Morgan fingerprint density at radius 2 is 2.30 bits per heavy atom. The van der Waals surface area contributed by atoms with Crippen molar-refractivity contribution in [2.24, 2.45) is 0 Å². The van der Waals surface area contributed by atoms with Crippen LogP contribution in [0.1, 0.15) is 22.5 Å². The molecule has 1 aromatic heterocycles. The van der Waals surface area contributed by atoms with Crippen LogP contribution in [-0.2, 0) is 6.42 Å². The molecule has 3 rings (SSSR count). The van der Waals surface area contributed by atoms with Crippen LogP contribution >= 0.6 is 0 Å². The number of benzene rings is 1. The van der Waals surface area contributed by atoms with Gasteiger partial charge in [-0.05, 0) is 30.5 Å². The Balaban J connectivity index is 2.03. The van der Waals surface area contributed by atoms with E-state index in [0.717, 1.165) is 29.8 Å². The van der Waals surface area contributed by atoms with Crippen LogP contribution in [0.4, 0.5) is 11.4 Å². The number of nitrogens with one attached hydrogen (secondary N) is 1. The SMILES string of the molecule is COc1cccc2c1N(C(=O)c1cc(N)c[nH]1)CCC2. The number of aromatic amines is 1. The van der Waals surface area contributed by atoms with Crippen LogP contribution in [0.3, 0.4) is 0 Å². The molecule has 5 nitrogen and oxygen atoms in total. The van der Waals surface area contributed by atoms with Crippen molar-refractivity contribution in [1.29, 1.82) is 0 Å². The third kappa shape index (κ3) is 2.01. The zero-order valence-electron chi connectivity index (χ0n) is 11.3. The summed E-state index contributed by atoms with van der Waals surface area (Å²) in [6, 6.07) is 7.54. The summed E-state index contributed by atoms with van der Waals surface area (Å²) in [5, 5.41) is 0. The van der Waals surface area contributed by atoms with Gasteiger partial charge in [0.25, 0.3) is 5.91 Å². The molecule has 0 atom stereocenters. The van der Waals surface area contributed by atoms with Gasteiger partial charge in [-0.15, -0.1) is 0 Å². The second kappa shape index (κ2) is 4.92. The van der Waals surface area contributed by atoms with Crippen LogP contribution in [0, 0.1) is 0 Å². The standard InChI is InChI=1S/C15H17N3O2/c1-20-13-6-2-4-10-5-3-7-18(14(10)13)15(19)12-8-11(16)9-17-12/h2,4,6,8-9,17H,3,5,7,16H2,1H3. The van der Waals surface area contributed by atoms with Crippen molar-refractivity contribution < 1.29 is 9.53 Å². The fourth-order valence-corrected chi connectivity index (χ4v) is 2.66. The average molecular weight is 271 g/mol. The van der Waals surface area contributed by atoms with E-state index in [0.29, 0.717) is 17.9 Å². The minimum Gasteiger partial charge on any atom is -0.495 e. The van der Waals surface area contributed by atoms with Gasteiger partial charge in [0.05, 0.1) is 12.8 Å². The van der Waals surface area contributed by atoms with E-state index in [1.54, 1.807) is 24.3 Å². The number of rotatable bonds is 2. The lowest BCUT2D eigenvalue weighted by molar-refractivity contribution is 0.0980. The normalized spacial score (nSPS) is 13.9. The maximum atomic E-state index is 12.6. The van der Waals surface area contributed by atoms with Crippen LogP contribution in [0.15, 0.2) is 30.5 Å². The Kier molecular flexibility index (Phi) is 3.10. The van der Waals surface area contributed by atoms with Gasteiger partial charge in [-0.2, -0.15) is 0 Å². The molecule has 1 aromatic carbocycles. The van der Waals surface area contributed by atoms with Gasteiger partial charge in [0.1, 0.15) is 11.4 Å². The number of nitrogens with two attached hydrogens (primary N) is 1. The van der Waals surface area contributed by atoms with Crippen LogP contribution in [0.2, 0.25) is 0 Å². The van der Waals surface area contributed by atoms with Crippen molar-refractivity contribution in [3.05, 3.63) is 41.7 Å². The summed E-state index contributed by atoms with van der Waals surface area (Å²) < 4.78 is 5.41. The second-order valence-corrected chi connectivity index (χ2v) is 4.88. The number of hydrogen-bond donors (Lipinski definition) is 2. The Hall–Kier alpha value is -2.43. The van der Waals surface area contributed by atoms with Gasteiger partial charge < -0.3 is 20.4 Å². The summed E-state index contributed by atoms with van der Waals surface area (Å²) in [6.07, 6.45) is 3.53. The highest BCUT2D eigenvalue weighted by Gasteiger charge is 2.27. The topological polar surface area (TPSA) is 71.3 Å². The van der Waals surface area contributed by atoms with E-state index >= 15 is 0 Å². The van der Waals surface area contributed by atoms with Crippen LogP contribution < -0.4 is 15.4 Å². The Morgan fingerprint density at radius 1 is 1.45 bits per heavy atom. The first-order valence-corrected chi connectivity index (χ1v) is 6.62. The Labute approximate surface area is 117 Å². The van der Waals surface area contributed by atoms with Gasteiger partial charge in [-0.3, -0.25) is 4.79 Å². The quantitative estimate of drug-likeness (QED) is 0.879. The fourth-order valence-electron chi connectivity index (χ4n) is 2.66. The smallest absolute Gasteiger partial charge is 0.274 e. The number of nitrogens with zero attached hydrogens (tertiary/aromatic N) is 1. The number of H-pyrrole nitrogens is 1. The summed E-state index contributed by atoms with van der Waals surface area (Å²) >= 11 is 0. The molecule has 2 aromatic rings. The van der Waals surface area contributed by atoms with Crippen molar-refractivity contribution in [1.82, 2.24) is 4.98 Å². The first-order valence-electron chi connectivity index (χ1n) is 6.62. The van der Waals surface area contributed by atoms with E-state index < -0.39 is 0 Å². The van der Waals surface area contributed by atoms with E-state index in [9.17, 15) is 4.79 Å². The van der Waals surface area contributed by atoms with Gasteiger partial charge in [0.2, 0.25) is 0 Å². The lowest BCUT2D eigenvalue weighted by Crippen LogP contribution is -2.36. The summed E-state index contributed by atoms with van der Waals surface area (Å²) in [5.74, 6) is 0.655. The molecule has 1 aliphatic rings. The number of aryl methyl sites for hydroxylation is 1. The van der Waals surface area contributed by atoms with Crippen molar-refractivity contribution in [2.45, 2.75) is 12.8 Å². The third-order valence-corrected chi connectivity index (χ3v) is 3.58. The number of hydrogen-bond acceptors (Lipinski definition) is 3. The Morgan fingerprint density at radius 3 is 3.00 bits per heavy atom. The molecule has 0 radical (unpaired) electrons. The number of amides is 1. The lowest BCUT2D eigenvalue weighted by Gasteiger charge is -2.30. The number of para-hydroxylation sites is 1. The van der Waals surface area contributed by atoms with Crippen molar-refractivity contribution in [3.8, 4) is 5.75 Å². The van der Waals surface area contributed by atoms with Gasteiger partial charge in [0, 0.05) is 18.4 Å². The molecular weight excluding hydrogens is 254 g/mol. The molecule has 0 spiro atoms. The number of ether oxygens (including phenoxy) is 1. The highest BCUT2D eigenvalue weighted by atomic mass is 16.5. The largest absolute Gasteiger partial charge is 0.495 e. The minimum absolute atomic E-state index is 0.0767. The number of aromatic nitrogens is 1. The zero-order valence-corrected chi connectivity index (χ0v) is 11.3. The molecule has 1 amide bonds. The maximum absolute atomic E-state index is 12.6. The molecule has 5 heteroatoms. The monoisotopic (exact) mass is 271 g/mol. The third-order valence-electron chi connectivity index (χ3n) is 3.58. The molecular formula is C15H17N3O2. The molecule has 20 heavy (non-hydrogen) atoms. The number of carbonyl (C=O) groups is 1. The number of nitrogen functional groups attached to an aromatic ring is 1. The molecule has 3 N–H and O–H groups in total. The van der Waals surface area contributed by atoms with E-state index in [-0.39, 0.29) is 5.91 Å². The molecule has 0 saturated heterocycles. The van der Waals surface area contributed by atoms with Gasteiger partial charge in [-0.25, -0.2) is 0 Å². The first kappa shape index (κ1) is 12.6. The predicted molar refractivity (Wildman–Crippen MR) is 78.2 cm³/mol. The molecule has 0 saturated carbocycles. The second-order valence-electron chi connectivity index (χ2n) is 4.88. The van der Waals surface area contributed by atoms with Gasteiger partial charge in [0.15, 0.2) is 0 Å². The first-order chi connectivity index (χ1) is 9.70. The lowest BCUT2D eigenvalue weighted by atomic mass is 10.0. The number of anilines is 2. The van der Waals surface area contributed by atoms with Crippen molar-refractivity contribution in [2.75, 3.05) is 24.3 Å². The number of methoxy groups -OCH3 is 1. The summed E-state index contributed by atoms with van der Waals surface area (Å²) in [5.41, 5.74) is 8.75. The minimum atomic E-state index is -0.0767. The highest BCUT2D eigenvalue weighted by Crippen LogP contribution is 2.36. The molecule has 0 bridgehead atoms. The maximum Gasteiger partial charge on any atom is 0.274 e. The highest BCUT2D eigenvalue weighted by molar-refractivity contribution is 6.07. The van der Waals surface area contributed by atoms with Crippen LogP contribution in [-0.4, -0.2) is 24.5 Å². The fraction of sp³-hybridized carbons (Fsp3) is 0.267. The van der Waals surface area contributed by atoms with Gasteiger partial charge >= 0.3 is 0 Å². The van der Waals surface area contributed by atoms with Crippen LogP contribution in [0.25, 0.3) is 0 Å².